The fraction of sp³-hybridized carbons (Fsp3) is 0.0370. The van der Waals surface area contributed by atoms with Crippen molar-refractivity contribution in [3.63, 3.8) is 0 Å². The summed E-state index contributed by atoms with van der Waals surface area (Å²) < 4.78 is 4.78. The molecular weight excluding hydrogens is 404 g/mol. The van der Waals surface area contributed by atoms with Gasteiger partial charge in [0.05, 0.1) is 5.56 Å². The largest absolute Gasteiger partial charge is 0.441 e. The van der Waals surface area contributed by atoms with E-state index in [2.05, 4.69) is 0 Å². The smallest absolute Gasteiger partial charge is 0.310 e. The van der Waals surface area contributed by atoms with Crippen LogP contribution in [0.15, 0.2) is 115 Å². The average molecular weight is 426 g/mol. The molecule has 0 aliphatic heterocycles. The summed E-state index contributed by atoms with van der Waals surface area (Å²) in [6.07, 6.45) is 0. The molecule has 0 radical (unpaired) electrons. The van der Waals surface area contributed by atoms with Gasteiger partial charge in [0, 0.05) is 16.7 Å². The van der Waals surface area contributed by atoms with Gasteiger partial charge in [0.2, 0.25) is 0 Å². The minimum atomic E-state index is -1.95. The van der Waals surface area contributed by atoms with Crippen molar-refractivity contribution in [1.29, 1.82) is 0 Å². The van der Waals surface area contributed by atoms with Crippen molar-refractivity contribution in [2.24, 2.45) is 0 Å². The van der Waals surface area contributed by atoms with Crippen molar-refractivity contribution in [1.82, 2.24) is 0 Å². The first-order valence-corrected chi connectivity index (χ1v) is 9.92. The first kappa shape index (κ1) is 22.6. The fourth-order valence-electron chi connectivity index (χ4n) is 2.96. The average Bonchev–Trinajstić information content (AvgIpc) is 2.85. The Morgan fingerprint density at radius 1 is 0.531 bits per heavy atom. The molecule has 0 aromatic heterocycles. The van der Waals surface area contributed by atoms with Crippen LogP contribution < -0.4 is 4.74 Å². The van der Waals surface area contributed by atoms with Gasteiger partial charge in [-0.1, -0.05) is 103 Å². The number of ether oxygens (including phenoxy) is 1. The van der Waals surface area contributed by atoms with Gasteiger partial charge in [0.15, 0.2) is 11.6 Å². The fourth-order valence-corrected chi connectivity index (χ4v) is 2.96. The standard InChI is InChI=1S/C14H12O4.C13H10O/c15-13(10-6-2-1-3-7-10)11-8-4-5-9-12(11)18-14(16)17;14-13(11-7-3-1-4-8-11)12-9-5-2-6-10-12/h1-9,14,16-17H;1-10H. The number of ketones is 2. The summed E-state index contributed by atoms with van der Waals surface area (Å²) in [5, 5.41) is 17.6. The van der Waals surface area contributed by atoms with E-state index in [9.17, 15) is 9.59 Å². The summed E-state index contributed by atoms with van der Waals surface area (Å²) in [7, 11) is 0. The maximum absolute atomic E-state index is 12.2. The van der Waals surface area contributed by atoms with Crippen LogP contribution in [0.5, 0.6) is 5.75 Å². The van der Waals surface area contributed by atoms with E-state index in [0.717, 1.165) is 11.1 Å². The van der Waals surface area contributed by atoms with Gasteiger partial charge < -0.3 is 14.9 Å². The third-order valence-corrected chi connectivity index (χ3v) is 4.47. The molecular formula is C27H22O5. The van der Waals surface area contributed by atoms with Crippen LogP contribution >= 0.6 is 0 Å². The summed E-state index contributed by atoms with van der Waals surface area (Å²) in [4.78, 5) is 24.1. The molecule has 0 aliphatic rings. The molecule has 4 aromatic rings. The van der Waals surface area contributed by atoms with E-state index in [1.807, 2.05) is 66.7 Å². The molecule has 0 atom stereocenters. The number of aliphatic hydroxyl groups is 2. The second-order valence-corrected chi connectivity index (χ2v) is 6.70. The molecule has 4 aromatic carbocycles. The number of benzene rings is 4. The van der Waals surface area contributed by atoms with E-state index in [0.29, 0.717) is 5.56 Å². The van der Waals surface area contributed by atoms with Crippen LogP contribution in [0.3, 0.4) is 0 Å². The van der Waals surface area contributed by atoms with Crippen LogP contribution in [0.25, 0.3) is 0 Å². The minimum absolute atomic E-state index is 0.0752. The zero-order valence-corrected chi connectivity index (χ0v) is 17.2. The Morgan fingerprint density at radius 2 is 0.906 bits per heavy atom. The van der Waals surface area contributed by atoms with Crippen molar-refractivity contribution < 1.29 is 24.5 Å². The summed E-state index contributed by atoms with van der Waals surface area (Å²) in [5.74, 6) is -0.0144. The predicted octanol–water partition coefficient (Wildman–Crippen LogP) is 4.48. The highest BCUT2D eigenvalue weighted by Gasteiger charge is 2.15. The highest BCUT2D eigenvalue weighted by molar-refractivity contribution is 6.10. The van der Waals surface area contributed by atoms with E-state index < -0.39 is 6.48 Å². The molecule has 0 bridgehead atoms. The second-order valence-electron chi connectivity index (χ2n) is 6.70. The zero-order valence-electron chi connectivity index (χ0n) is 17.2. The number of para-hydroxylation sites is 1. The quantitative estimate of drug-likeness (QED) is 0.351. The Bertz CT molecular complexity index is 1100. The number of aliphatic hydroxyl groups excluding tert-OH is 1. The van der Waals surface area contributed by atoms with E-state index in [1.165, 1.54) is 6.07 Å². The molecule has 0 aliphatic carbocycles. The molecule has 0 fully saturated rings. The zero-order chi connectivity index (χ0) is 22.8. The molecule has 0 spiro atoms. The molecule has 4 rings (SSSR count). The van der Waals surface area contributed by atoms with Gasteiger partial charge in [-0.3, -0.25) is 9.59 Å². The molecule has 5 nitrogen and oxygen atoms in total. The molecule has 32 heavy (non-hydrogen) atoms. The van der Waals surface area contributed by atoms with Crippen molar-refractivity contribution in [2.75, 3.05) is 0 Å². The number of carbonyl (C=O) groups is 2. The normalized spacial score (nSPS) is 10.1. The predicted molar refractivity (Wildman–Crippen MR) is 121 cm³/mol. The minimum Gasteiger partial charge on any atom is -0.441 e. The number of hydrogen-bond acceptors (Lipinski definition) is 5. The summed E-state index contributed by atoms with van der Waals surface area (Å²) >= 11 is 0. The van der Waals surface area contributed by atoms with Crippen LogP contribution in [0.2, 0.25) is 0 Å². The Morgan fingerprint density at radius 3 is 1.34 bits per heavy atom. The maximum atomic E-state index is 12.2. The molecule has 160 valence electrons. The SMILES string of the molecule is O=C(c1ccccc1)c1ccccc1.O=C(c1ccccc1)c1ccccc1OC(O)O. The molecule has 0 unspecified atom stereocenters. The van der Waals surface area contributed by atoms with Crippen molar-refractivity contribution >= 4 is 11.6 Å². The lowest BCUT2D eigenvalue weighted by atomic mass is 10.0. The van der Waals surface area contributed by atoms with Gasteiger partial charge in [-0.05, 0) is 12.1 Å². The molecule has 5 heteroatoms. The van der Waals surface area contributed by atoms with E-state index in [4.69, 9.17) is 14.9 Å². The van der Waals surface area contributed by atoms with Crippen LogP contribution in [0.4, 0.5) is 0 Å². The first-order chi connectivity index (χ1) is 15.6. The van der Waals surface area contributed by atoms with Crippen LogP contribution in [0, 0.1) is 0 Å². The Kier molecular flexibility index (Phi) is 8.03. The van der Waals surface area contributed by atoms with Crippen LogP contribution in [-0.4, -0.2) is 28.3 Å². The number of carbonyl (C=O) groups excluding carboxylic acids is 2. The monoisotopic (exact) mass is 426 g/mol. The van der Waals surface area contributed by atoms with Gasteiger partial charge in [-0.15, -0.1) is 0 Å². The first-order valence-electron chi connectivity index (χ1n) is 9.92. The molecule has 0 heterocycles. The lowest BCUT2D eigenvalue weighted by molar-refractivity contribution is -0.179. The molecule has 0 saturated carbocycles. The highest BCUT2D eigenvalue weighted by atomic mass is 16.7. The van der Waals surface area contributed by atoms with Crippen LogP contribution in [-0.2, 0) is 0 Å². The summed E-state index contributed by atoms with van der Waals surface area (Å²) in [6.45, 7) is -1.95. The Labute approximate surface area is 186 Å². The lowest BCUT2D eigenvalue weighted by Gasteiger charge is -2.11. The van der Waals surface area contributed by atoms with Crippen LogP contribution in [0.1, 0.15) is 31.8 Å². The number of rotatable bonds is 6. The molecule has 2 N–H and O–H groups in total. The van der Waals surface area contributed by atoms with Gasteiger partial charge in [-0.25, -0.2) is 0 Å². The summed E-state index contributed by atoms with van der Waals surface area (Å²) in [6, 6.07) is 33.8. The highest BCUT2D eigenvalue weighted by Crippen LogP contribution is 2.22. The van der Waals surface area contributed by atoms with E-state index >= 15 is 0 Å². The van der Waals surface area contributed by atoms with Crippen molar-refractivity contribution in [2.45, 2.75) is 6.48 Å². The van der Waals surface area contributed by atoms with Gasteiger partial charge in [-0.2, -0.15) is 0 Å². The summed E-state index contributed by atoms with van der Waals surface area (Å²) in [5.41, 5.74) is 2.27. The molecule has 0 saturated heterocycles. The second kappa shape index (κ2) is 11.4. The van der Waals surface area contributed by atoms with Gasteiger partial charge in [0.1, 0.15) is 5.75 Å². The Hall–Kier alpha value is -4.06. The third-order valence-electron chi connectivity index (χ3n) is 4.47. The van der Waals surface area contributed by atoms with Crippen molar-refractivity contribution in [3.8, 4) is 5.75 Å². The lowest BCUT2D eigenvalue weighted by Crippen LogP contribution is -2.16. The Balaban J connectivity index is 0.000000186. The maximum Gasteiger partial charge on any atom is 0.310 e. The number of hydrogen-bond donors (Lipinski definition) is 2. The van der Waals surface area contributed by atoms with Gasteiger partial charge in [0.25, 0.3) is 0 Å². The van der Waals surface area contributed by atoms with E-state index in [1.54, 1.807) is 42.5 Å². The topological polar surface area (TPSA) is 83.8 Å². The third kappa shape index (κ3) is 6.22. The van der Waals surface area contributed by atoms with E-state index in [-0.39, 0.29) is 22.9 Å². The van der Waals surface area contributed by atoms with Gasteiger partial charge >= 0.3 is 6.48 Å². The van der Waals surface area contributed by atoms with Crippen molar-refractivity contribution in [3.05, 3.63) is 138 Å². The molecule has 0 amide bonds.